The van der Waals surface area contributed by atoms with E-state index in [2.05, 4.69) is 15.6 Å². The van der Waals surface area contributed by atoms with E-state index < -0.39 is 5.25 Å². The van der Waals surface area contributed by atoms with Gasteiger partial charge in [0.1, 0.15) is 5.82 Å². The van der Waals surface area contributed by atoms with Crippen molar-refractivity contribution in [3.05, 3.63) is 59.7 Å². The maximum absolute atomic E-state index is 13.0. The van der Waals surface area contributed by atoms with Crippen LogP contribution in [0.5, 0.6) is 0 Å². The molecule has 0 saturated carbocycles. The van der Waals surface area contributed by atoms with Crippen molar-refractivity contribution >= 4 is 45.7 Å². The number of carbonyl (C=O) groups excluding carboxylic acids is 2. The number of aromatic nitrogens is 1. The number of nitrogens with one attached hydrogen (secondary N) is 2. The van der Waals surface area contributed by atoms with Crippen molar-refractivity contribution in [3.8, 4) is 11.3 Å². The molecule has 0 spiro atoms. The lowest BCUT2D eigenvalue weighted by molar-refractivity contribution is -0.120. The van der Waals surface area contributed by atoms with Crippen molar-refractivity contribution in [1.29, 1.82) is 0 Å². The van der Waals surface area contributed by atoms with Gasteiger partial charge in [0.05, 0.1) is 16.6 Å². The number of nitrogens with zero attached hydrogens (tertiary/aromatic N) is 1. The molecule has 2 N–H and O–H groups in total. The number of carbonyl (C=O) groups is 2. The molecule has 0 aliphatic carbocycles. The standard InChI is InChI=1S/C19H14FN3O2S2/c20-12-7-5-11(6-8-12)14-10-26-19(22-14)23-17(24)9-16-18(25)21-13-3-1-2-4-15(13)27-16/h1-8,10,16H,9H2,(H,21,25)(H,22,23,24). The molecule has 0 saturated heterocycles. The van der Waals surface area contributed by atoms with Gasteiger partial charge in [-0.25, -0.2) is 9.37 Å². The van der Waals surface area contributed by atoms with Gasteiger partial charge >= 0.3 is 0 Å². The van der Waals surface area contributed by atoms with Crippen LogP contribution in [0, 0.1) is 5.82 Å². The first kappa shape index (κ1) is 17.7. The lowest BCUT2D eigenvalue weighted by atomic mass is 10.2. The average molecular weight is 399 g/mol. The summed E-state index contributed by atoms with van der Waals surface area (Å²) in [5.41, 5.74) is 2.20. The van der Waals surface area contributed by atoms with E-state index in [1.54, 1.807) is 17.5 Å². The number of anilines is 2. The van der Waals surface area contributed by atoms with Crippen LogP contribution in [0.15, 0.2) is 58.8 Å². The van der Waals surface area contributed by atoms with Crippen molar-refractivity contribution in [2.75, 3.05) is 10.6 Å². The van der Waals surface area contributed by atoms with Gasteiger partial charge in [-0.15, -0.1) is 23.1 Å². The summed E-state index contributed by atoms with van der Waals surface area (Å²) in [6.07, 6.45) is 0.0519. The molecule has 3 aromatic rings. The molecule has 1 atom stereocenters. The minimum atomic E-state index is -0.489. The third kappa shape index (κ3) is 4.01. The number of benzene rings is 2. The highest BCUT2D eigenvalue weighted by Gasteiger charge is 2.29. The topological polar surface area (TPSA) is 71.1 Å². The molecule has 8 heteroatoms. The number of thiazole rings is 1. The van der Waals surface area contributed by atoms with E-state index in [1.807, 2.05) is 24.3 Å². The first-order valence-electron chi connectivity index (χ1n) is 8.16. The summed E-state index contributed by atoms with van der Waals surface area (Å²) in [5.74, 6) is -0.769. The predicted octanol–water partition coefficient (Wildman–Crippen LogP) is 4.39. The van der Waals surface area contributed by atoms with Crippen LogP contribution in [-0.4, -0.2) is 22.0 Å². The van der Waals surface area contributed by atoms with E-state index in [0.29, 0.717) is 10.8 Å². The molecule has 0 fully saturated rings. The Hall–Kier alpha value is -2.71. The molecule has 1 unspecified atom stereocenters. The summed E-state index contributed by atoms with van der Waals surface area (Å²) in [5, 5.41) is 7.31. The molecule has 4 rings (SSSR count). The lowest BCUT2D eigenvalue weighted by Gasteiger charge is -2.23. The number of fused-ring (bicyclic) bond motifs is 1. The number of halogens is 1. The van der Waals surface area contributed by atoms with Gasteiger partial charge in [-0.05, 0) is 36.4 Å². The van der Waals surface area contributed by atoms with Crippen LogP contribution in [0.4, 0.5) is 15.2 Å². The van der Waals surface area contributed by atoms with E-state index in [1.165, 1.54) is 35.2 Å². The van der Waals surface area contributed by atoms with E-state index in [4.69, 9.17) is 0 Å². The Morgan fingerprint density at radius 2 is 1.96 bits per heavy atom. The Labute approximate surface area is 163 Å². The molecule has 136 valence electrons. The summed E-state index contributed by atoms with van der Waals surface area (Å²) in [6, 6.07) is 13.5. The van der Waals surface area contributed by atoms with Gasteiger partial charge in [-0.1, -0.05) is 12.1 Å². The molecular formula is C19H14FN3O2S2. The highest BCUT2D eigenvalue weighted by molar-refractivity contribution is 8.01. The van der Waals surface area contributed by atoms with Gasteiger partial charge in [0, 0.05) is 22.3 Å². The second kappa shape index (κ2) is 7.50. The SMILES string of the molecule is O=C(CC1Sc2ccccc2NC1=O)Nc1nc(-c2ccc(F)cc2)cs1. The van der Waals surface area contributed by atoms with Crippen molar-refractivity contribution in [1.82, 2.24) is 4.98 Å². The smallest absolute Gasteiger partial charge is 0.238 e. The molecule has 0 bridgehead atoms. The normalized spacial score (nSPS) is 15.7. The Morgan fingerprint density at radius 1 is 1.19 bits per heavy atom. The summed E-state index contributed by atoms with van der Waals surface area (Å²) in [4.78, 5) is 29.8. The minimum absolute atomic E-state index is 0.0519. The quantitative estimate of drug-likeness (QED) is 0.683. The second-order valence-electron chi connectivity index (χ2n) is 5.89. The summed E-state index contributed by atoms with van der Waals surface area (Å²) < 4.78 is 13.0. The third-order valence-corrected chi connectivity index (χ3v) is 6.00. The Bertz CT molecular complexity index is 1000. The van der Waals surface area contributed by atoms with Crippen molar-refractivity contribution in [2.45, 2.75) is 16.6 Å². The Kier molecular flexibility index (Phi) is 4.91. The molecule has 1 aliphatic rings. The molecule has 27 heavy (non-hydrogen) atoms. The van der Waals surface area contributed by atoms with Gasteiger partial charge in [0.25, 0.3) is 0 Å². The van der Waals surface area contributed by atoms with E-state index in [9.17, 15) is 14.0 Å². The zero-order valence-electron chi connectivity index (χ0n) is 13.9. The first-order chi connectivity index (χ1) is 13.1. The van der Waals surface area contributed by atoms with E-state index >= 15 is 0 Å². The third-order valence-electron chi connectivity index (χ3n) is 3.97. The van der Waals surface area contributed by atoms with Crippen molar-refractivity contribution < 1.29 is 14.0 Å². The van der Waals surface area contributed by atoms with Gasteiger partial charge in [-0.2, -0.15) is 0 Å². The number of hydrogen-bond acceptors (Lipinski definition) is 5. The maximum Gasteiger partial charge on any atom is 0.238 e. The number of thioether (sulfide) groups is 1. The zero-order chi connectivity index (χ0) is 18.8. The fraction of sp³-hybridized carbons (Fsp3) is 0.105. The highest BCUT2D eigenvalue weighted by atomic mass is 32.2. The second-order valence-corrected chi connectivity index (χ2v) is 7.99. The van der Waals surface area contributed by atoms with Crippen LogP contribution in [0.3, 0.4) is 0 Å². The van der Waals surface area contributed by atoms with Crippen LogP contribution in [-0.2, 0) is 9.59 Å². The average Bonchev–Trinajstić information content (AvgIpc) is 3.11. The number of amides is 2. The Morgan fingerprint density at radius 3 is 2.78 bits per heavy atom. The molecule has 0 radical (unpaired) electrons. The van der Waals surface area contributed by atoms with Gasteiger partial charge in [0.2, 0.25) is 11.8 Å². The number of hydrogen-bond donors (Lipinski definition) is 2. The monoisotopic (exact) mass is 399 g/mol. The zero-order valence-corrected chi connectivity index (χ0v) is 15.6. The molecule has 2 heterocycles. The highest BCUT2D eigenvalue weighted by Crippen LogP contribution is 2.36. The lowest BCUT2D eigenvalue weighted by Crippen LogP contribution is -2.32. The number of para-hydroxylation sites is 1. The van der Waals surface area contributed by atoms with Crippen molar-refractivity contribution in [2.24, 2.45) is 0 Å². The summed E-state index contributed by atoms with van der Waals surface area (Å²) in [7, 11) is 0. The van der Waals surface area contributed by atoms with Crippen molar-refractivity contribution in [3.63, 3.8) is 0 Å². The molecular weight excluding hydrogens is 385 g/mol. The summed E-state index contributed by atoms with van der Waals surface area (Å²) in [6.45, 7) is 0. The van der Waals surface area contributed by atoms with Crippen LogP contribution in [0.25, 0.3) is 11.3 Å². The van der Waals surface area contributed by atoms with Crippen LogP contribution < -0.4 is 10.6 Å². The van der Waals surface area contributed by atoms with Gasteiger partial charge in [0.15, 0.2) is 5.13 Å². The van der Waals surface area contributed by atoms with Crippen LogP contribution in [0.2, 0.25) is 0 Å². The molecule has 1 aromatic heterocycles. The van der Waals surface area contributed by atoms with Gasteiger partial charge in [-0.3, -0.25) is 9.59 Å². The largest absolute Gasteiger partial charge is 0.324 e. The Balaban J connectivity index is 1.40. The first-order valence-corrected chi connectivity index (χ1v) is 9.92. The van der Waals surface area contributed by atoms with Gasteiger partial charge < -0.3 is 10.6 Å². The fourth-order valence-corrected chi connectivity index (χ4v) is 4.50. The molecule has 2 amide bonds. The van der Waals surface area contributed by atoms with E-state index in [-0.39, 0.29) is 24.1 Å². The predicted molar refractivity (Wildman–Crippen MR) is 105 cm³/mol. The number of rotatable bonds is 4. The minimum Gasteiger partial charge on any atom is -0.324 e. The molecule has 2 aromatic carbocycles. The fourth-order valence-electron chi connectivity index (χ4n) is 2.65. The van der Waals surface area contributed by atoms with Crippen LogP contribution >= 0.6 is 23.1 Å². The summed E-state index contributed by atoms with van der Waals surface area (Å²) >= 11 is 2.67. The molecule has 5 nitrogen and oxygen atoms in total. The van der Waals surface area contributed by atoms with E-state index in [0.717, 1.165) is 16.1 Å². The molecule has 1 aliphatic heterocycles. The van der Waals surface area contributed by atoms with Crippen LogP contribution in [0.1, 0.15) is 6.42 Å². The maximum atomic E-state index is 13.0.